The Kier molecular flexibility index (Phi) is 3.62. The molecule has 1 fully saturated rings. The van der Waals surface area contributed by atoms with E-state index in [-0.39, 0.29) is 24.6 Å². The standard InChI is InChI=1S/C11H12N2O6S/c14-11(15)9-7-8(1-2-10(9)13(16)17)12-3-5-20(18,19)6-4-12/h1-2,7H,3-6H2,(H,14,15). The van der Waals surface area contributed by atoms with Crippen molar-refractivity contribution in [1.29, 1.82) is 0 Å². The first kappa shape index (κ1) is 14.3. The van der Waals surface area contributed by atoms with Crippen molar-refractivity contribution >= 4 is 27.2 Å². The Morgan fingerprint density at radius 2 is 1.90 bits per heavy atom. The highest BCUT2D eigenvalue weighted by Gasteiger charge is 2.25. The number of nitro groups is 1. The lowest BCUT2D eigenvalue weighted by molar-refractivity contribution is -0.385. The number of aromatic carboxylic acids is 1. The number of anilines is 1. The van der Waals surface area contributed by atoms with Gasteiger partial charge < -0.3 is 10.0 Å². The van der Waals surface area contributed by atoms with Gasteiger partial charge in [-0.3, -0.25) is 10.1 Å². The fraction of sp³-hybridized carbons (Fsp3) is 0.364. The maximum atomic E-state index is 11.3. The Hall–Kier alpha value is -2.16. The van der Waals surface area contributed by atoms with Crippen LogP contribution < -0.4 is 4.90 Å². The Bertz CT molecular complexity index is 655. The molecule has 108 valence electrons. The van der Waals surface area contributed by atoms with Crippen LogP contribution in [0.3, 0.4) is 0 Å². The Morgan fingerprint density at radius 1 is 1.30 bits per heavy atom. The van der Waals surface area contributed by atoms with E-state index in [1.165, 1.54) is 12.1 Å². The van der Waals surface area contributed by atoms with Crippen LogP contribution in [0.25, 0.3) is 0 Å². The first-order valence-corrected chi connectivity index (χ1v) is 7.59. The van der Waals surface area contributed by atoms with Crippen LogP contribution in [-0.2, 0) is 9.84 Å². The van der Waals surface area contributed by atoms with Crippen LogP contribution in [0.2, 0.25) is 0 Å². The lowest BCUT2D eigenvalue weighted by atomic mass is 10.1. The van der Waals surface area contributed by atoms with E-state index in [2.05, 4.69) is 0 Å². The third kappa shape index (κ3) is 2.87. The largest absolute Gasteiger partial charge is 0.477 e. The number of carbonyl (C=O) groups is 1. The fourth-order valence-corrected chi connectivity index (χ4v) is 3.22. The maximum absolute atomic E-state index is 11.3. The van der Waals surface area contributed by atoms with Crippen LogP contribution in [0, 0.1) is 10.1 Å². The van der Waals surface area contributed by atoms with Gasteiger partial charge in [-0.25, -0.2) is 13.2 Å². The van der Waals surface area contributed by atoms with Gasteiger partial charge in [0.15, 0.2) is 9.84 Å². The summed E-state index contributed by atoms with van der Waals surface area (Å²) in [5.74, 6) is -1.40. The molecular weight excluding hydrogens is 288 g/mol. The molecule has 1 aromatic carbocycles. The minimum Gasteiger partial charge on any atom is -0.477 e. The third-order valence-electron chi connectivity index (χ3n) is 3.12. The Labute approximate surface area is 114 Å². The van der Waals surface area contributed by atoms with Crippen molar-refractivity contribution in [3.05, 3.63) is 33.9 Å². The minimum absolute atomic E-state index is 0.00755. The van der Waals surface area contributed by atoms with Gasteiger partial charge in [-0.05, 0) is 12.1 Å². The second-order valence-electron chi connectivity index (χ2n) is 4.40. The summed E-state index contributed by atoms with van der Waals surface area (Å²) in [6.07, 6.45) is 0. The van der Waals surface area contributed by atoms with Gasteiger partial charge in [0.2, 0.25) is 0 Å². The van der Waals surface area contributed by atoms with Crippen LogP contribution in [0.5, 0.6) is 0 Å². The average molecular weight is 300 g/mol. The predicted octanol–water partition coefficient (Wildman–Crippen LogP) is 0.528. The summed E-state index contributed by atoms with van der Waals surface area (Å²) in [5.41, 5.74) is -0.408. The highest BCUT2D eigenvalue weighted by Crippen LogP contribution is 2.26. The van der Waals surface area contributed by atoms with Gasteiger partial charge in [-0.15, -0.1) is 0 Å². The molecule has 0 aromatic heterocycles. The summed E-state index contributed by atoms with van der Waals surface area (Å²) < 4.78 is 22.7. The zero-order valence-electron chi connectivity index (χ0n) is 10.4. The molecule has 0 saturated carbocycles. The molecule has 9 heteroatoms. The van der Waals surface area contributed by atoms with Crippen molar-refractivity contribution in [2.45, 2.75) is 0 Å². The summed E-state index contributed by atoms with van der Waals surface area (Å²) in [6, 6.07) is 3.77. The molecule has 0 aliphatic carbocycles. The maximum Gasteiger partial charge on any atom is 0.342 e. The molecular formula is C11H12N2O6S. The second-order valence-corrected chi connectivity index (χ2v) is 6.71. The summed E-state index contributed by atoms with van der Waals surface area (Å²) >= 11 is 0. The predicted molar refractivity (Wildman–Crippen MR) is 70.9 cm³/mol. The number of hydrogen-bond acceptors (Lipinski definition) is 6. The number of rotatable bonds is 3. The molecule has 1 aliphatic rings. The number of nitrogens with zero attached hydrogens (tertiary/aromatic N) is 2. The zero-order chi connectivity index (χ0) is 14.9. The van der Waals surface area contributed by atoms with E-state index in [1.807, 2.05) is 0 Å². The van der Waals surface area contributed by atoms with Crippen molar-refractivity contribution in [3.8, 4) is 0 Å². The molecule has 1 aliphatic heterocycles. The number of nitro benzene ring substituents is 1. The van der Waals surface area contributed by atoms with Crippen molar-refractivity contribution in [2.75, 3.05) is 29.5 Å². The molecule has 20 heavy (non-hydrogen) atoms. The van der Waals surface area contributed by atoms with Crippen molar-refractivity contribution in [3.63, 3.8) is 0 Å². The first-order valence-electron chi connectivity index (χ1n) is 5.77. The lowest BCUT2D eigenvalue weighted by Crippen LogP contribution is -2.40. The fourth-order valence-electron chi connectivity index (χ4n) is 2.02. The van der Waals surface area contributed by atoms with E-state index in [0.717, 1.165) is 6.07 Å². The minimum atomic E-state index is -3.04. The van der Waals surface area contributed by atoms with E-state index in [1.54, 1.807) is 4.90 Å². The highest BCUT2D eigenvalue weighted by molar-refractivity contribution is 7.91. The van der Waals surface area contributed by atoms with Crippen LogP contribution >= 0.6 is 0 Å². The number of hydrogen-bond donors (Lipinski definition) is 1. The summed E-state index contributed by atoms with van der Waals surface area (Å²) in [6.45, 7) is 0.498. The van der Waals surface area contributed by atoms with Crippen molar-refractivity contribution < 1.29 is 23.2 Å². The Morgan fingerprint density at radius 3 is 2.40 bits per heavy atom. The number of carboxylic acid groups (broad SMARTS) is 1. The monoisotopic (exact) mass is 300 g/mol. The van der Waals surface area contributed by atoms with E-state index in [0.29, 0.717) is 5.69 Å². The van der Waals surface area contributed by atoms with E-state index in [4.69, 9.17) is 5.11 Å². The van der Waals surface area contributed by atoms with Gasteiger partial charge in [-0.2, -0.15) is 0 Å². The van der Waals surface area contributed by atoms with Gasteiger partial charge in [-0.1, -0.05) is 0 Å². The summed E-state index contributed by atoms with van der Waals surface area (Å²) in [5, 5.41) is 19.7. The second kappa shape index (κ2) is 5.08. The molecule has 1 heterocycles. The lowest BCUT2D eigenvalue weighted by Gasteiger charge is -2.28. The number of carboxylic acids is 1. The molecule has 1 N–H and O–H groups in total. The van der Waals surface area contributed by atoms with E-state index in [9.17, 15) is 23.3 Å². The number of benzene rings is 1. The topological polar surface area (TPSA) is 118 Å². The number of sulfone groups is 1. The molecule has 0 unspecified atom stereocenters. The van der Waals surface area contributed by atoms with Crippen LogP contribution in [0.15, 0.2) is 18.2 Å². The molecule has 0 bridgehead atoms. The van der Waals surface area contributed by atoms with Crippen LogP contribution in [-0.4, -0.2) is 49.0 Å². The molecule has 0 amide bonds. The smallest absolute Gasteiger partial charge is 0.342 e. The molecule has 0 spiro atoms. The molecule has 1 aromatic rings. The molecule has 0 radical (unpaired) electrons. The van der Waals surface area contributed by atoms with E-state index >= 15 is 0 Å². The SMILES string of the molecule is O=C(O)c1cc(N2CCS(=O)(=O)CC2)ccc1[N+](=O)[O-]. The van der Waals surface area contributed by atoms with E-state index < -0.39 is 32.0 Å². The zero-order valence-corrected chi connectivity index (χ0v) is 11.2. The quantitative estimate of drug-likeness (QED) is 0.638. The molecule has 0 atom stereocenters. The van der Waals surface area contributed by atoms with Gasteiger partial charge in [0.1, 0.15) is 5.56 Å². The van der Waals surface area contributed by atoms with Crippen molar-refractivity contribution in [1.82, 2.24) is 0 Å². The molecule has 8 nitrogen and oxygen atoms in total. The summed E-state index contributed by atoms with van der Waals surface area (Å²) in [4.78, 5) is 22.7. The summed E-state index contributed by atoms with van der Waals surface area (Å²) in [7, 11) is -3.04. The molecule has 1 saturated heterocycles. The molecule has 2 rings (SSSR count). The average Bonchev–Trinajstić information content (AvgIpc) is 2.37. The van der Waals surface area contributed by atoms with Gasteiger partial charge in [0.05, 0.1) is 16.4 Å². The van der Waals surface area contributed by atoms with Crippen LogP contribution in [0.1, 0.15) is 10.4 Å². The normalized spacial score (nSPS) is 17.7. The third-order valence-corrected chi connectivity index (χ3v) is 4.73. The Balaban J connectivity index is 2.33. The van der Waals surface area contributed by atoms with Crippen molar-refractivity contribution in [2.24, 2.45) is 0 Å². The first-order chi connectivity index (χ1) is 9.30. The van der Waals surface area contributed by atoms with Crippen LogP contribution in [0.4, 0.5) is 11.4 Å². The van der Waals surface area contributed by atoms with Gasteiger partial charge >= 0.3 is 5.97 Å². The van der Waals surface area contributed by atoms with Gasteiger partial charge in [0.25, 0.3) is 5.69 Å². The highest BCUT2D eigenvalue weighted by atomic mass is 32.2. The van der Waals surface area contributed by atoms with Gasteiger partial charge in [0, 0.05) is 24.8 Å².